The van der Waals surface area contributed by atoms with Crippen molar-refractivity contribution in [2.24, 2.45) is 0 Å². The molecule has 2 N–H and O–H groups in total. The van der Waals surface area contributed by atoms with Crippen molar-refractivity contribution >= 4 is 23.1 Å². The summed E-state index contributed by atoms with van der Waals surface area (Å²) in [6, 6.07) is 2.22. The second-order valence-corrected chi connectivity index (χ2v) is 7.24. The number of hydrogen-bond donors (Lipinski definition) is 1. The normalized spacial score (nSPS) is 21.4. The fraction of sp³-hybridized carbons (Fsp3) is 0.611. The molecule has 1 aliphatic carbocycles. The Bertz CT molecular complexity index is 816. The molecule has 1 unspecified atom stereocenters. The molecule has 140 valence electrons. The number of fused-ring (bicyclic) bond motifs is 1. The lowest BCUT2D eigenvalue weighted by Crippen LogP contribution is -2.35. The van der Waals surface area contributed by atoms with Crippen molar-refractivity contribution < 1.29 is 9.13 Å². The van der Waals surface area contributed by atoms with Crippen LogP contribution in [0.5, 0.6) is 0 Å². The van der Waals surface area contributed by atoms with E-state index in [1.807, 2.05) is 0 Å². The second kappa shape index (κ2) is 7.77. The van der Waals surface area contributed by atoms with Crippen molar-refractivity contribution in [1.82, 2.24) is 14.6 Å². The van der Waals surface area contributed by atoms with Crippen LogP contribution in [-0.4, -0.2) is 34.0 Å². The molecule has 8 heteroatoms. The average molecular weight is 380 g/mol. The van der Waals surface area contributed by atoms with E-state index in [-0.39, 0.29) is 11.4 Å². The maximum Gasteiger partial charge on any atom is 0.238 e. The molecular formula is C18H23ClFN5O. The summed E-state index contributed by atoms with van der Waals surface area (Å²) >= 11 is 6.29. The van der Waals surface area contributed by atoms with Gasteiger partial charge in [0.2, 0.25) is 5.95 Å². The minimum Gasteiger partial charge on any atom is -0.378 e. The number of nitrogens with zero attached hydrogens (tertiary/aromatic N) is 4. The van der Waals surface area contributed by atoms with Crippen LogP contribution >= 0.6 is 11.6 Å². The molecule has 0 amide bonds. The number of anilines is 1. The van der Waals surface area contributed by atoms with Gasteiger partial charge in [-0.3, -0.25) is 0 Å². The minimum absolute atomic E-state index is 0.00190. The standard InChI is InChI=1S/C13H14ClN5.C5H9FO/c1-2-13(4-3-5-13)11-8(6-15)10(14)9-7-17-12(16)18-19(9)11;6-5-2-1-3-7-4-5/h7H,2-5H2,1H3,(H2,16,18);5H,1-4H2. The number of hydrogen-bond acceptors (Lipinski definition) is 5. The molecule has 1 atom stereocenters. The molecule has 1 saturated carbocycles. The Labute approximate surface area is 157 Å². The predicted octanol–water partition coefficient (Wildman–Crippen LogP) is 3.80. The molecule has 1 saturated heterocycles. The quantitative estimate of drug-likeness (QED) is 0.857. The van der Waals surface area contributed by atoms with Crippen molar-refractivity contribution in [1.29, 1.82) is 5.26 Å². The van der Waals surface area contributed by atoms with Gasteiger partial charge in [-0.1, -0.05) is 24.9 Å². The maximum atomic E-state index is 12.1. The van der Waals surface area contributed by atoms with Gasteiger partial charge in [0.05, 0.1) is 29.1 Å². The zero-order valence-corrected chi connectivity index (χ0v) is 15.6. The molecule has 0 radical (unpaired) electrons. The van der Waals surface area contributed by atoms with E-state index in [1.165, 1.54) is 6.42 Å². The van der Waals surface area contributed by atoms with E-state index < -0.39 is 6.17 Å². The molecule has 0 aromatic carbocycles. The van der Waals surface area contributed by atoms with Crippen molar-refractivity contribution in [2.45, 2.75) is 57.0 Å². The van der Waals surface area contributed by atoms with E-state index in [9.17, 15) is 9.65 Å². The number of nitrogen functional groups attached to an aromatic ring is 1. The molecule has 6 nitrogen and oxygen atoms in total. The van der Waals surface area contributed by atoms with E-state index in [4.69, 9.17) is 22.1 Å². The number of nitriles is 1. The fourth-order valence-corrected chi connectivity index (χ4v) is 3.94. The van der Waals surface area contributed by atoms with Gasteiger partial charge in [0.25, 0.3) is 0 Å². The highest BCUT2D eigenvalue weighted by atomic mass is 35.5. The summed E-state index contributed by atoms with van der Waals surface area (Å²) in [7, 11) is 0. The lowest BCUT2D eigenvalue weighted by Gasteiger charge is -2.41. The van der Waals surface area contributed by atoms with Crippen molar-refractivity contribution in [3.05, 3.63) is 22.5 Å². The molecule has 2 aromatic heterocycles. The molecule has 0 bridgehead atoms. The highest BCUT2D eigenvalue weighted by Crippen LogP contribution is 2.49. The number of ether oxygens (including phenoxy) is 1. The Balaban J connectivity index is 0.000000236. The second-order valence-electron chi connectivity index (χ2n) is 6.86. The molecule has 4 rings (SSSR count). The summed E-state index contributed by atoms with van der Waals surface area (Å²) in [6.45, 7) is 3.21. The fourth-order valence-electron chi connectivity index (χ4n) is 3.68. The first kappa shape index (κ1) is 18.9. The van der Waals surface area contributed by atoms with Crippen LogP contribution in [-0.2, 0) is 10.2 Å². The van der Waals surface area contributed by atoms with E-state index >= 15 is 0 Å². The zero-order chi connectivity index (χ0) is 18.7. The van der Waals surface area contributed by atoms with Crippen molar-refractivity contribution in [3.63, 3.8) is 0 Å². The lowest BCUT2D eigenvalue weighted by atomic mass is 9.64. The number of rotatable bonds is 2. The Morgan fingerprint density at radius 1 is 1.50 bits per heavy atom. The van der Waals surface area contributed by atoms with Crippen LogP contribution in [0, 0.1) is 11.3 Å². The van der Waals surface area contributed by atoms with Crippen LogP contribution in [0.15, 0.2) is 6.20 Å². The third-order valence-electron chi connectivity index (χ3n) is 5.35. The maximum absolute atomic E-state index is 12.1. The Morgan fingerprint density at radius 2 is 2.27 bits per heavy atom. The van der Waals surface area contributed by atoms with Gasteiger partial charge in [-0.05, 0) is 32.1 Å². The number of halogens is 2. The highest BCUT2D eigenvalue weighted by molar-refractivity contribution is 6.35. The Kier molecular flexibility index (Phi) is 5.64. The van der Waals surface area contributed by atoms with Crippen LogP contribution < -0.4 is 5.73 Å². The molecular weight excluding hydrogens is 357 g/mol. The predicted molar refractivity (Wildman–Crippen MR) is 97.9 cm³/mol. The number of aromatic nitrogens is 3. The van der Waals surface area contributed by atoms with Crippen molar-refractivity contribution in [3.8, 4) is 6.07 Å². The number of alkyl halides is 1. The summed E-state index contributed by atoms with van der Waals surface area (Å²) in [5.74, 6) is 0.190. The molecule has 2 aromatic rings. The van der Waals surface area contributed by atoms with Crippen LogP contribution in [0.1, 0.15) is 56.7 Å². The molecule has 1 aliphatic heterocycles. The van der Waals surface area contributed by atoms with E-state index in [1.54, 1.807) is 10.7 Å². The van der Waals surface area contributed by atoms with Gasteiger partial charge >= 0.3 is 0 Å². The summed E-state index contributed by atoms with van der Waals surface area (Å²) < 4.78 is 18.6. The summed E-state index contributed by atoms with van der Waals surface area (Å²) in [5.41, 5.74) is 7.74. The van der Waals surface area contributed by atoms with Crippen LogP contribution in [0.4, 0.5) is 10.3 Å². The summed E-state index contributed by atoms with van der Waals surface area (Å²) in [5, 5.41) is 14.1. The first-order chi connectivity index (χ1) is 12.5. The Hall–Kier alpha value is -1.91. The largest absolute Gasteiger partial charge is 0.378 e. The third-order valence-corrected chi connectivity index (χ3v) is 5.73. The first-order valence-corrected chi connectivity index (χ1v) is 9.35. The van der Waals surface area contributed by atoms with Gasteiger partial charge in [-0.15, -0.1) is 5.10 Å². The SMILES string of the molecule is CCC1(c2c(C#N)c(Cl)c3cnc(N)nn23)CCC1.FC1CCCOC1. The Morgan fingerprint density at radius 3 is 2.73 bits per heavy atom. The van der Waals surface area contributed by atoms with Gasteiger partial charge < -0.3 is 10.5 Å². The molecule has 2 aliphatic rings. The van der Waals surface area contributed by atoms with Gasteiger partial charge in [0, 0.05) is 12.0 Å². The first-order valence-electron chi connectivity index (χ1n) is 8.97. The van der Waals surface area contributed by atoms with E-state index in [2.05, 4.69) is 23.1 Å². The summed E-state index contributed by atoms with van der Waals surface area (Å²) in [4.78, 5) is 3.96. The molecule has 3 heterocycles. The molecule has 26 heavy (non-hydrogen) atoms. The van der Waals surface area contributed by atoms with E-state index in [0.29, 0.717) is 29.1 Å². The average Bonchev–Trinajstić information content (AvgIpc) is 2.88. The topological polar surface area (TPSA) is 89.2 Å². The third kappa shape index (κ3) is 3.36. The summed E-state index contributed by atoms with van der Waals surface area (Å²) in [6.07, 6.45) is 6.74. The zero-order valence-electron chi connectivity index (χ0n) is 14.8. The van der Waals surface area contributed by atoms with Crippen LogP contribution in [0.25, 0.3) is 5.52 Å². The van der Waals surface area contributed by atoms with Crippen LogP contribution in [0.2, 0.25) is 5.02 Å². The number of nitrogens with two attached hydrogens (primary N) is 1. The van der Waals surface area contributed by atoms with Gasteiger partial charge in [0.15, 0.2) is 0 Å². The van der Waals surface area contributed by atoms with Crippen molar-refractivity contribution in [2.75, 3.05) is 18.9 Å². The smallest absolute Gasteiger partial charge is 0.238 e. The van der Waals surface area contributed by atoms with Gasteiger partial charge in [0.1, 0.15) is 17.8 Å². The highest BCUT2D eigenvalue weighted by Gasteiger charge is 2.42. The molecule has 2 fully saturated rings. The van der Waals surface area contributed by atoms with E-state index in [0.717, 1.165) is 38.0 Å². The van der Waals surface area contributed by atoms with Gasteiger partial charge in [-0.25, -0.2) is 13.9 Å². The monoisotopic (exact) mass is 379 g/mol. The minimum atomic E-state index is -0.686. The van der Waals surface area contributed by atoms with Gasteiger partial charge in [-0.2, -0.15) is 5.26 Å². The molecule has 0 spiro atoms. The van der Waals surface area contributed by atoms with Crippen LogP contribution in [0.3, 0.4) is 0 Å². The lowest BCUT2D eigenvalue weighted by molar-refractivity contribution is 0.0366.